The molecule has 1 amide bonds. The van der Waals surface area contributed by atoms with E-state index in [1.165, 1.54) is 5.56 Å². The number of hydrogen-bond donors (Lipinski definition) is 2. The number of hydrogen-bond acceptors (Lipinski definition) is 2. The van der Waals surface area contributed by atoms with Crippen molar-refractivity contribution in [2.75, 3.05) is 5.32 Å². The van der Waals surface area contributed by atoms with Crippen LogP contribution < -0.4 is 10.6 Å². The van der Waals surface area contributed by atoms with Crippen molar-refractivity contribution in [1.29, 1.82) is 0 Å². The van der Waals surface area contributed by atoms with E-state index in [1.54, 1.807) is 0 Å². The highest BCUT2D eigenvalue weighted by Crippen LogP contribution is 2.28. The van der Waals surface area contributed by atoms with Crippen molar-refractivity contribution in [2.24, 2.45) is 0 Å². The first-order chi connectivity index (χ1) is 6.83. The lowest BCUT2D eigenvalue weighted by molar-refractivity contribution is -0.119. The van der Waals surface area contributed by atoms with E-state index in [1.807, 2.05) is 24.4 Å². The van der Waals surface area contributed by atoms with Crippen LogP contribution in [0, 0.1) is 0 Å². The first kappa shape index (κ1) is 7.62. The molecular weight excluding hydrogens is 176 g/mol. The van der Waals surface area contributed by atoms with Gasteiger partial charge in [-0.05, 0) is 17.2 Å². The van der Waals surface area contributed by atoms with Crippen LogP contribution in [0.25, 0.3) is 0 Å². The standard InChI is InChI=1S/C11H10N2O.H2/c14-11-4-7-2-1-3-10-9(7)5-8(13-11)6-12-10;/h1-3,6,12H,4-5H2,(H,13,14);1H. The van der Waals surface area contributed by atoms with Gasteiger partial charge in [-0.3, -0.25) is 4.79 Å². The maximum Gasteiger partial charge on any atom is 0.228 e. The summed E-state index contributed by atoms with van der Waals surface area (Å²) in [5.74, 6) is 0.0795. The average molecular weight is 188 g/mol. The van der Waals surface area contributed by atoms with Gasteiger partial charge in [0.05, 0.1) is 6.42 Å². The number of nitrogens with one attached hydrogen (secondary N) is 2. The molecule has 72 valence electrons. The number of rotatable bonds is 0. The number of allylic oxidation sites excluding steroid dienone is 1. The topological polar surface area (TPSA) is 41.1 Å². The minimum Gasteiger partial charge on any atom is -0.360 e. The number of anilines is 1. The van der Waals surface area contributed by atoms with Crippen LogP contribution in [0.1, 0.15) is 12.6 Å². The fourth-order valence-corrected chi connectivity index (χ4v) is 2.03. The van der Waals surface area contributed by atoms with E-state index in [2.05, 4.69) is 10.6 Å². The van der Waals surface area contributed by atoms with Gasteiger partial charge in [0.15, 0.2) is 0 Å². The maximum atomic E-state index is 11.5. The third-order valence-corrected chi connectivity index (χ3v) is 2.69. The molecule has 0 aliphatic carbocycles. The second kappa shape index (κ2) is 2.61. The number of amides is 1. The molecule has 2 aliphatic heterocycles. The molecule has 0 saturated carbocycles. The molecule has 0 spiro atoms. The van der Waals surface area contributed by atoms with Gasteiger partial charge in [-0.1, -0.05) is 12.1 Å². The Bertz CT molecular complexity index is 454. The fraction of sp³-hybridized carbons (Fsp3) is 0.182. The summed E-state index contributed by atoms with van der Waals surface area (Å²) in [6.45, 7) is 0. The molecule has 0 radical (unpaired) electrons. The van der Waals surface area contributed by atoms with Crippen molar-refractivity contribution in [1.82, 2.24) is 5.32 Å². The lowest BCUT2D eigenvalue weighted by Crippen LogP contribution is -2.23. The van der Waals surface area contributed by atoms with Crippen LogP contribution in [0.15, 0.2) is 30.1 Å². The summed E-state index contributed by atoms with van der Waals surface area (Å²) in [5, 5.41) is 6.07. The van der Waals surface area contributed by atoms with Crippen molar-refractivity contribution in [3.8, 4) is 0 Å². The van der Waals surface area contributed by atoms with Crippen LogP contribution in [0.2, 0.25) is 0 Å². The van der Waals surface area contributed by atoms with E-state index in [9.17, 15) is 4.79 Å². The lowest BCUT2D eigenvalue weighted by atomic mass is 9.98. The minimum atomic E-state index is 0. The summed E-state index contributed by atoms with van der Waals surface area (Å²) in [5.41, 5.74) is 4.48. The van der Waals surface area contributed by atoms with Crippen molar-refractivity contribution >= 4 is 11.6 Å². The van der Waals surface area contributed by atoms with Gasteiger partial charge in [-0.25, -0.2) is 0 Å². The molecule has 1 aromatic carbocycles. The summed E-state index contributed by atoms with van der Waals surface area (Å²) in [6, 6.07) is 6.05. The van der Waals surface area contributed by atoms with Crippen LogP contribution in [0.5, 0.6) is 0 Å². The van der Waals surface area contributed by atoms with Gasteiger partial charge < -0.3 is 10.6 Å². The van der Waals surface area contributed by atoms with E-state index < -0.39 is 0 Å². The highest BCUT2D eigenvalue weighted by molar-refractivity contribution is 5.83. The normalized spacial score (nSPS) is 17.7. The first-order valence-corrected chi connectivity index (χ1v) is 4.69. The zero-order valence-corrected chi connectivity index (χ0v) is 7.63. The first-order valence-electron chi connectivity index (χ1n) is 4.69. The molecule has 3 rings (SSSR count). The summed E-state index contributed by atoms with van der Waals surface area (Å²) in [7, 11) is 0. The average Bonchev–Trinajstić information content (AvgIpc) is 2.32. The van der Waals surface area contributed by atoms with Crippen LogP contribution in [0.4, 0.5) is 5.69 Å². The van der Waals surface area contributed by atoms with Crippen LogP contribution in [0.3, 0.4) is 0 Å². The molecule has 2 N–H and O–H groups in total. The van der Waals surface area contributed by atoms with Crippen molar-refractivity contribution < 1.29 is 6.22 Å². The smallest absolute Gasteiger partial charge is 0.228 e. The molecule has 3 heteroatoms. The fourth-order valence-electron chi connectivity index (χ4n) is 2.03. The van der Waals surface area contributed by atoms with Gasteiger partial charge >= 0.3 is 0 Å². The monoisotopic (exact) mass is 188 g/mol. The van der Waals surface area contributed by atoms with Crippen molar-refractivity contribution in [3.05, 3.63) is 41.2 Å². The molecule has 0 saturated heterocycles. The molecule has 2 bridgehead atoms. The number of benzene rings is 1. The van der Waals surface area contributed by atoms with Crippen LogP contribution in [-0.4, -0.2) is 5.91 Å². The van der Waals surface area contributed by atoms with Crippen LogP contribution >= 0.6 is 0 Å². The number of fused-ring (bicyclic) bond motifs is 1. The second-order valence-corrected chi connectivity index (χ2v) is 3.66. The third kappa shape index (κ3) is 1.02. The Balaban J connectivity index is 0.000000853. The Hall–Kier alpha value is -1.77. The summed E-state index contributed by atoms with van der Waals surface area (Å²) >= 11 is 0. The van der Waals surface area contributed by atoms with Gasteiger partial charge in [0.2, 0.25) is 5.91 Å². The van der Waals surface area contributed by atoms with Gasteiger partial charge in [-0.15, -0.1) is 0 Å². The summed E-state index contributed by atoms with van der Waals surface area (Å²) < 4.78 is 0. The Morgan fingerprint density at radius 1 is 1.29 bits per heavy atom. The number of carbonyl (C=O) groups is 1. The number of carbonyl (C=O) groups excluding carboxylic acids is 1. The maximum absolute atomic E-state index is 11.5. The second-order valence-electron chi connectivity index (χ2n) is 3.66. The lowest BCUT2D eigenvalue weighted by Gasteiger charge is -2.17. The molecule has 14 heavy (non-hydrogen) atoms. The van der Waals surface area contributed by atoms with Crippen molar-refractivity contribution in [3.63, 3.8) is 0 Å². The molecule has 2 heterocycles. The van der Waals surface area contributed by atoms with E-state index >= 15 is 0 Å². The summed E-state index contributed by atoms with van der Waals surface area (Å²) in [4.78, 5) is 11.5. The van der Waals surface area contributed by atoms with Gasteiger partial charge in [0, 0.05) is 25.4 Å². The largest absolute Gasteiger partial charge is 0.360 e. The van der Waals surface area contributed by atoms with Crippen LogP contribution in [-0.2, 0) is 17.6 Å². The van der Waals surface area contributed by atoms with Crippen molar-refractivity contribution in [2.45, 2.75) is 12.8 Å². The molecule has 2 aliphatic rings. The minimum absolute atomic E-state index is 0. The van der Waals surface area contributed by atoms with Gasteiger partial charge in [0.25, 0.3) is 0 Å². The molecule has 1 aromatic rings. The predicted molar refractivity (Wildman–Crippen MR) is 55.8 cm³/mol. The molecular formula is C11H12N2O. The van der Waals surface area contributed by atoms with E-state index in [-0.39, 0.29) is 7.33 Å². The van der Waals surface area contributed by atoms with E-state index in [0.29, 0.717) is 6.42 Å². The Morgan fingerprint density at radius 3 is 3.14 bits per heavy atom. The quantitative estimate of drug-likeness (QED) is 0.646. The molecule has 0 aromatic heterocycles. The predicted octanol–water partition coefficient (Wildman–Crippen LogP) is 1.41. The highest BCUT2D eigenvalue weighted by Gasteiger charge is 2.20. The Morgan fingerprint density at radius 2 is 2.21 bits per heavy atom. The molecule has 3 nitrogen and oxygen atoms in total. The third-order valence-electron chi connectivity index (χ3n) is 2.69. The Kier molecular flexibility index (Phi) is 1.42. The van der Waals surface area contributed by atoms with E-state index in [0.717, 1.165) is 23.4 Å². The van der Waals surface area contributed by atoms with E-state index in [4.69, 9.17) is 0 Å². The highest BCUT2D eigenvalue weighted by atomic mass is 16.1. The van der Waals surface area contributed by atoms with Gasteiger partial charge in [0.1, 0.15) is 0 Å². The molecule has 0 unspecified atom stereocenters. The zero-order valence-electron chi connectivity index (χ0n) is 7.63. The zero-order chi connectivity index (χ0) is 9.54. The van der Waals surface area contributed by atoms with Gasteiger partial charge in [-0.2, -0.15) is 0 Å². The summed E-state index contributed by atoms with van der Waals surface area (Å²) in [6.07, 6.45) is 3.20. The molecule has 0 atom stereocenters. The Labute approximate surface area is 83.3 Å². The SMILES string of the molecule is O=C1Cc2cccc3c2CC(=CN3)N1.[HH]. The molecule has 0 fully saturated rings.